The van der Waals surface area contributed by atoms with E-state index in [0.29, 0.717) is 26.9 Å². The molecule has 2 heterocycles. The predicted molar refractivity (Wildman–Crippen MR) is 151 cm³/mol. The van der Waals surface area contributed by atoms with Gasteiger partial charge in [-0.15, -0.1) is 0 Å². The maximum Gasteiger partial charge on any atom is 0.302 e. The summed E-state index contributed by atoms with van der Waals surface area (Å²) in [7, 11) is 1.54. The average Bonchev–Trinajstić information content (AvgIpc) is 3.40. The molecule has 0 radical (unpaired) electrons. The van der Waals surface area contributed by atoms with Crippen LogP contribution in [0, 0.1) is 6.92 Å². The van der Waals surface area contributed by atoms with Crippen LogP contribution < -0.4 is 9.64 Å². The fraction of sp³-hybridized carbons (Fsp3) is 0.233. The van der Waals surface area contributed by atoms with Crippen LogP contribution >= 0.6 is 15.9 Å². The number of hydrogen-bond donors (Lipinski definition) is 2. The van der Waals surface area contributed by atoms with E-state index in [9.17, 15) is 14.7 Å². The number of H-pyrrole nitrogens is 1. The standard InChI is InChI=1S/C30H28BrN3O4/c1-16-6-12-21-22(14-16)33-29(32-21)34-25(17-7-10-19(11-8-17)30(2,3)4)24(27(36)28(34)37)26(35)18-9-13-23(38-5)20(31)15-18/h6-15,25,35H,1-5H3,(H,32,33)/b26-24+. The number of anilines is 1. The van der Waals surface area contributed by atoms with Gasteiger partial charge < -0.3 is 14.8 Å². The third kappa shape index (κ3) is 4.39. The van der Waals surface area contributed by atoms with Crippen molar-refractivity contribution in [3.05, 3.63) is 93.0 Å². The number of halogens is 1. The smallest absolute Gasteiger partial charge is 0.302 e. The Morgan fingerprint density at radius 1 is 1.05 bits per heavy atom. The highest BCUT2D eigenvalue weighted by molar-refractivity contribution is 9.10. The molecule has 5 rings (SSSR count). The Labute approximate surface area is 229 Å². The molecule has 4 aromatic rings. The molecule has 1 amide bonds. The van der Waals surface area contributed by atoms with Crippen LogP contribution in [0.3, 0.4) is 0 Å². The summed E-state index contributed by atoms with van der Waals surface area (Å²) in [4.78, 5) is 36.2. The van der Waals surface area contributed by atoms with Crippen molar-refractivity contribution in [1.82, 2.24) is 9.97 Å². The molecule has 0 saturated carbocycles. The number of rotatable bonds is 4. The van der Waals surface area contributed by atoms with Crippen molar-refractivity contribution in [2.24, 2.45) is 0 Å². The lowest BCUT2D eigenvalue weighted by Gasteiger charge is -2.25. The number of nitrogens with zero attached hydrogens (tertiary/aromatic N) is 2. The molecule has 7 nitrogen and oxygen atoms in total. The molecule has 1 aromatic heterocycles. The van der Waals surface area contributed by atoms with Crippen LogP contribution in [0.1, 0.15) is 49.1 Å². The monoisotopic (exact) mass is 573 g/mol. The number of aromatic amines is 1. The first kappa shape index (κ1) is 25.7. The molecule has 194 valence electrons. The van der Waals surface area contributed by atoms with Crippen LogP contribution in [-0.4, -0.2) is 33.9 Å². The largest absolute Gasteiger partial charge is 0.507 e. The number of Topliss-reactive ketones (excluding diaryl/α,β-unsaturated/α-hetero) is 1. The van der Waals surface area contributed by atoms with Crippen molar-refractivity contribution in [2.45, 2.75) is 39.2 Å². The number of aliphatic hydroxyl groups excluding tert-OH is 1. The van der Waals surface area contributed by atoms with Gasteiger partial charge in [-0.05, 0) is 75.3 Å². The molecule has 1 unspecified atom stereocenters. The van der Waals surface area contributed by atoms with Crippen molar-refractivity contribution in [1.29, 1.82) is 0 Å². The van der Waals surface area contributed by atoms with E-state index in [1.165, 1.54) is 4.90 Å². The van der Waals surface area contributed by atoms with Gasteiger partial charge in [0.1, 0.15) is 11.5 Å². The van der Waals surface area contributed by atoms with Crippen LogP contribution in [0.25, 0.3) is 16.8 Å². The number of benzene rings is 3. The molecule has 38 heavy (non-hydrogen) atoms. The molecule has 3 aromatic carbocycles. The van der Waals surface area contributed by atoms with E-state index in [2.05, 4.69) is 46.7 Å². The van der Waals surface area contributed by atoms with E-state index in [-0.39, 0.29) is 22.7 Å². The average molecular weight is 574 g/mol. The first-order valence-corrected chi connectivity index (χ1v) is 13.0. The Kier molecular flexibility index (Phi) is 6.39. The fourth-order valence-corrected chi connectivity index (χ4v) is 5.27. The van der Waals surface area contributed by atoms with Crippen molar-refractivity contribution < 1.29 is 19.4 Å². The van der Waals surface area contributed by atoms with Gasteiger partial charge in [-0.3, -0.25) is 14.5 Å². The zero-order valence-electron chi connectivity index (χ0n) is 21.8. The van der Waals surface area contributed by atoms with Gasteiger partial charge >= 0.3 is 5.91 Å². The quantitative estimate of drug-likeness (QED) is 0.163. The number of fused-ring (bicyclic) bond motifs is 1. The number of amides is 1. The van der Waals surface area contributed by atoms with E-state index in [4.69, 9.17) is 4.74 Å². The van der Waals surface area contributed by atoms with Crippen molar-refractivity contribution in [3.8, 4) is 5.75 Å². The predicted octanol–water partition coefficient (Wildman–Crippen LogP) is 6.57. The number of carbonyl (C=O) groups is 2. The molecule has 8 heteroatoms. The summed E-state index contributed by atoms with van der Waals surface area (Å²) in [6, 6.07) is 17.6. The molecule has 1 saturated heterocycles. The van der Waals surface area contributed by atoms with Crippen LogP contribution in [-0.2, 0) is 15.0 Å². The molecular formula is C30H28BrN3O4. The topological polar surface area (TPSA) is 95.5 Å². The van der Waals surface area contributed by atoms with Crippen LogP contribution in [0.4, 0.5) is 5.95 Å². The summed E-state index contributed by atoms with van der Waals surface area (Å²) in [6.07, 6.45) is 0. The third-order valence-corrected chi connectivity index (χ3v) is 7.43. The van der Waals surface area contributed by atoms with Gasteiger partial charge in [0, 0.05) is 5.56 Å². The SMILES string of the molecule is COc1ccc(/C(O)=C2\C(=O)C(=O)N(c3nc4ccc(C)cc4[nH]3)C2c2ccc(C(C)(C)C)cc2)cc1Br. The van der Waals surface area contributed by atoms with Gasteiger partial charge in [0.15, 0.2) is 0 Å². The maximum atomic E-state index is 13.5. The van der Waals surface area contributed by atoms with E-state index < -0.39 is 17.7 Å². The van der Waals surface area contributed by atoms with Crippen molar-refractivity contribution in [2.75, 3.05) is 12.0 Å². The summed E-state index contributed by atoms with van der Waals surface area (Å²) < 4.78 is 5.91. The van der Waals surface area contributed by atoms with E-state index >= 15 is 0 Å². The Balaban J connectivity index is 1.71. The number of imidazole rings is 1. The number of ketones is 1. The van der Waals surface area contributed by atoms with E-state index in [1.807, 2.05) is 49.4 Å². The van der Waals surface area contributed by atoms with Crippen LogP contribution in [0.15, 0.2) is 70.7 Å². The number of aryl methyl sites for hydroxylation is 1. The second kappa shape index (κ2) is 9.44. The minimum atomic E-state index is -0.883. The molecule has 1 atom stereocenters. The van der Waals surface area contributed by atoms with Crippen molar-refractivity contribution >= 4 is 50.4 Å². The molecule has 0 bridgehead atoms. The highest BCUT2D eigenvalue weighted by Gasteiger charge is 2.48. The number of nitrogens with one attached hydrogen (secondary N) is 1. The number of carbonyl (C=O) groups excluding carboxylic acids is 2. The normalized spacial score (nSPS) is 17.4. The number of hydrogen-bond acceptors (Lipinski definition) is 5. The molecule has 1 aliphatic heterocycles. The van der Waals surface area contributed by atoms with E-state index in [1.54, 1.807) is 25.3 Å². The molecule has 2 N–H and O–H groups in total. The van der Waals surface area contributed by atoms with Gasteiger partial charge in [-0.1, -0.05) is 51.1 Å². The van der Waals surface area contributed by atoms with Crippen LogP contribution in [0.5, 0.6) is 5.75 Å². The molecular weight excluding hydrogens is 546 g/mol. The lowest BCUT2D eigenvalue weighted by Crippen LogP contribution is -2.30. The Morgan fingerprint density at radius 3 is 2.39 bits per heavy atom. The zero-order chi connectivity index (χ0) is 27.4. The number of methoxy groups -OCH3 is 1. The second-order valence-corrected chi connectivity index (χ2v) is 11.3. The van der Waals surface area contributed by atoms with Crippen molar-refractivity contribution in [3.63, 3.8) is 0 Å². The minimum absolute atomic E-state index is 0.00721. The highest BCUT2D eigenvalue weighted by Crippen LogP contribution is 2.43. The number of aliphatic hydroxyl groups is 1. The second-order valence-electron chi connectivity index (χ2n) is 10.5. The summed E-state index contributed by atoms with van der Waals surface area (Å²) in [5.41, 5.74) is 4.55. The third-order valence-electron chi connectivity index (χ3n) is 6.82. The summed E-state index contributed by atoms with van der Waals surface area (Å²) in [5.74, 6) is -0.997. The molecule has 0 spiro atoms. The number of ether oxygens (including phenoxy) is 1. The fourth-order valence-electron chi connectivity index (χ4n) is 4.73. The van der Waals surface area contributed by atoms with E-state index in [0.717, 1.165) is 16.6 Å². The summed E-state index contributed by atoms with van der Waals surface area (Å²) in [6.45, 7) is 8.32. The lowest BCUT2D eigenvalue weighted by atomic mass is 9.85. The first-order valence-electron chi connectivity index (χ1n) is 12.2. The maximum absolute atomic E-state index is 13.5. The Hall–Kier alpha value is -3.91. The van der Waals surface area contributed by atoms with Gasteiger partial charge in [-0.2, -0.15) is 0 Å². The first-order chi connectivity index (χ1) is 18.0. The molecule has 1 aliphatic rings. The highest BCUT2D eigenvalue weighted by atomic mass is 79.9. The minimum Gasteiger partial charge on any atom is -0.507 e. The lowest BCUT2D eigenvalue weighted by molar-refractivity contribution is -0.132. The Morgan fingerprint density at radius 2 is 1.76 bits per heavy atom. The zero-order valence-corrected chi connectivity index (χ0v) is 23.4. The Bertz CT molecular complexity index is 1610. The van der Waals surface area contributed by atoms with Gasteiger partial charge in [0.05, 0.1) is 34.2 Å². The molecule has 1 fully saturated rings. The van der Waals surface area contributed by atoms with Gasteiger partial charge in [0.2, 0.25) is 5.95 Å². The van der Waals surface area contributed by atoms with Gasteiger partial charge in [-0.25, -0.2) is 4.98 Å². The molecule has 0 aliphatic carbocycles. The van der Waals surface area contributed by atoms with Crippen LogP contribution in [0.2, 0.25) is 0 Å². The summed E-state index contributed by atoms with van der Waals surface area (Å²) >= 11 is 3.44. The summed E-state index contributed by atoms with van der Waals surface area (Å²) in [5, 5.41) is 11.4. The number of aromatic nitrogens is 2. The van der Waals surface area contributed by atoms with Gasteiger partial charge in [0.25, 0.3) is 5.78 Å².